The summed E-state index contributed by atoms with van der Waals surface area (Å²) >= 11 is 1.84. The van der Waals surface area contributed by atoms with E-state index in [0.717, 1.165) is 13.1 Å². The molecule has 0 radical (unpaired) electrons. The lowest BCUT2D eigenvalue weighted by Gasteiger charge is -2.05. The predicted octanol–water partition coefficient (Wildman–Crippen LogP) is 1.49. The van der Waals surface area contributed by atoms with Gasteiger partial charge in [0, 0.05) is 28.9 Å². The summed E-state index contributed by atoms with van der Waals surface area (Å²) in [6.07, 6.45) is 0. The highest BCUT2D eigenvalue weighted by molar-refractivity contribution is 7.11. The van der Waals surface area contributed by atoms with E-state index >= 15 is 0 Å². The Morgan fingerprint density at radius 2 is 2.33 bits per heavy atom. The van der Waals surface area contributed by atoms with Gasteiger partial charge in [0.15, 0.2) is 0 Å². The molecule has 1 aromatic heterocycles. The van der Waals surface area contributed by atoms with E-state index in [1.54, 1.807) is 0 Å². The Morgan fingerprint density at radius 1 is 1.58 bits per heavy atom. The van der Waals surface area contributed by atoms with Crippen molar-refractivity contribution < 1.29 is 0 Å². The summed E-state index contributed by atoms with van der Waals surface area (Å²) in [7, 11) is 0. The van der Waals surface area contributed by atoms with Gasteiger partial charge in [-0.15, -0.1) is 11.3 Å². The fraction of sp³-hybridized carbons (Fsp3) is 0.556. The van der Waals surface area contributed by atoms with Crippen LogP contribution in [0.5, 0.6) is 0 Å². The Labute approximate surface area is 77.8 Å². The van der Waals surface area contributed by atoms with Crippen LogP contribution in [0.25, 0.3) is 0 Å². The van der Waals surface area contributed by atoms with Gasteiger partial charge in [0.1, 0.15) is 0 Å². The fourth-order valence-corrected chi connectivity index (χ4v) is 1.86. The van der Waals surface area contributed by atoms with E-state index in [2.05, 4.69) is 24.4 Å². The highest BCUT2D eigenvalue weighted by atomic mass is 32.1. The van der Waals surface area contributed by atoms with E-state index in [0.29, 0.717) is 0 Å². The van der Waals surface area contributed by atoms with Crippen molar-refractivity contribution in [3.8, 4) is 0 Å². The molecule has 0 saturated carbocycles. The Hall–Kier alpha value is -0.380. The minimum absolute atomic E-state index is 0.242. The Kier molecular flexibility index (Phi) is 3.72. The van der Waals surface area contributed by atoms with E-state index < -0.39 is 0 Å². The minimum atomic E-state index is 0.242. The normalized spacial score (nSPS) is 13.2. The molecule has 1 aromatic rings. The lowest BCUT2D eigenvalue weighted by molar-refractivity contribution is 0.612. The van der Waals surface area contributed by atoms with Crippen molar-refractivity contribution in [2.24, 2.45) is 5.73 Å². The fourth-order valence-electron chi connectivity index (χ4n) is 1.00. The first-order valence-electron chi connectivity index (χ1n) is 4.20. The average molecular weight is 184 g/mol. The van der Waals surface area contributed by atoms with Crippen LogP contribution in [0.15, 0.2) is 12.1 Å². The molecule has 0 aromatic carbocycles. The first kappa shape index (κ1) is 9.71. The molecule has 0 aliphatic heterocycles. The van der Waals surface area contributed by atoms with Crippen LogP contribution < -0.4 is 11.1 Å². The second kappa shape index (κ2) is 4.60. The van der Waals surface area contributed by atoms with Crippen LogP contribution in [0.2, 0.25) is 0 Å². The zero-order valence-electron chi connectivity index (χ0n) is 7.63. The molecule has 3 heteroatoms. The Balaban J connectivity index is 2.24. The number of nitrogens with one attached hydrogen (secondary N) is 1. The van der Waals surface area contributed by atoms with E-state index in [-0.39, 0.29) is 6.04 Å². The third-order valence-corrected chi connectivity index (χ3v) is 2.56. The molecule has 0 saturated heterocycles. The molecule has 0 spiro atoms. The zero-order chi connectivity index (χ0) is 8.97. The van der Waals surface area contributed by atoms with Gasteiger partial charge in [-0.25, -0.2) is 0 Å². The molecular formula is C9H16N2S. The standard InChI is InChI=1S/C9H16N2S/c1-7(10)5-11-6-9-4-3-8(2)12-9/h3-4,7,11H,5-6,10H2,1-2H3. The van der Waals surface area contributed by atoms with Crippen LogP contribution in [-0.4, -0.2) is 12.6 Å². The SMILES string of the molecule is Cc1ccc(CNCC(C)N)s1. The average Bonchev–Trinajstić information content (AvgIpc) is 2.35. The third-order valence-electron chi connectivity index (χ3n) is 1.56. The number of thiophene rings is 1. The van der Waals surface area contributed by atoms with Crippen molar-refractivity contribution in [3.05, 3.63) is 21.9 Å². The molecule has 1 heterocycles. The number of nitrogens with two attached hydrogens (primary N) is 1. The molecule has 2 nitrogen and oxygen atoms in total. The van der Waals surface area contributed by atoms with Gasteiger partial charge in [0.2, 0.25) is 0 Å². The van der Waals surface area contributed by atoms with Gasteiger partial charge < -0.3 is 11.1 Å². The van der Waals surface area contributed by atoms with Gasteiger partial charge in [-0.05, 0) is 26.0 Å². The van der Waals surface area contributed by atoms with Gasteiger partial charge in [0.25, 0.3) is 0 Å². The number of hydrogen-bond donors (Lipinski definition) is 2. The van der Waals surface area contributed by atoms with Crippen LogP contribution in [-0.2, 0) is 6.54 Å². The van der Waals surface area contributed by atoms with Crippen LogP contribution in [0.4, 0.5) is 0 Å². The molecule has 0 aliphatic rings. The van der Waals surface area contributed by atoms with Crippen molar-refractivity contribution in [2.45, 2.75) is 26.4 Å². The molecule has 0 fully saturated rings. The van der Waals surface area contributed by atoms with Crippen molar-refractivity contribution in [1.82, 2.24) is 5.32 Å². The maximum atomic E-state index is 5.60. The van der Waals surface area contributed by atoms with Gasteiger partial charge >= 0.3 is 0 Å². The van der Waals surface area contributed by atoms with Crippen LogP contribution in [0.1, 0.15) is 16.7 Å². The third kappa shape index (κ3) is 3.34. The van der Waals surface area contributed by atoms with Gasteiger partial charge in [0.05, 0.1) is 0 Å². The maximum absolute atomic E-state index is 5.60. The van der Waals surface area contributed by atoms with Crippen LogP contribution in [0, 0.1) is 6.92 Å². The van der Waals surface area contributed by atoms with Gasteiger partial charge in [-0.3, -0.25) is 0 Å². The smallest absolute Gasteiger partial charge is 0.0300 e. The van der Waals surface area contributed by atoms with Crippen molar-refractivity contribution >= 4 is 11.3 Å². The van der Waals surface area contributed by atoms with E-state index in [1.165, 1.54) is 9.75 Å². The minimum Gasteiger partial charge on any atom is -0.327 e. The summed E-state index contributed by atoms with van der Waals surface area (Å²) in [5, 5.41) is 3.30. The molecule has 0 amide bonds. The maximum Gasteiger partial charge on any atom is 0.0300 e. The van der Waals surface area contributed by atoms with Gasteiger partial charge in [-0.1, -0.05) is 0 Å². The van der Waals surface area contributed by atoms with Gasteiger partial charge in [-0.2, -0.15) is 0 Å². The highest BCUT2D eigenvalue weighted by Crippen LogP contribution is 2.14. The van der Waals surface area contributed by atoms with Crippen molar-refractivity contribution in [3.63, 3.8) is 0 Å². The van der Waals surface area contributed by atoms with Crippen molar-refractivity contribution in [2.75, 3.05) is 6.54 Å². The van der Waals surface area contributed by atoms with E-state index in [4.69, 9.17) is 5.73 Å². The quantitative estimate of drug-likeness (QED) is 0.744. The summed E-state index contributed by atoms with van der Waals surface area (Å²) in [6.45, 7) is 5.96. The highest BCUT2D eigenvalue weighted by Gasteiger charge is 1.96. The van der Waals surface area contributed by atoms with Crippen LogP contribution >= 0.6 is 11.3 Å². The topological polar surface area (TPSA) is 38.0 Å². The lowest BCUT2D eigenvalue weighted by atomic mass is 10.3. The molecule has 1 unspecified atom stereocenters. The summed E-state index contributed by atoms with van der Waals surface area (Å²) in [5.41, 5.74) is 5.60. The molecule has 12 heavy (non-hydrogen) atoms. The molecule has 68 valence electrons. The monoisotopic (exact) mass is 184 g/mol. The first-order chi connectivity index (χ1) is 5.68. The molecule has 0 bridgehead atoms. The van der Waals surface area contributed by atoms with Crippen molar-refractivity contribution in [1.29, 1.82) is 0 Å². The second-order valence-corrected chi connectivity index (χ2v) is 4.49. The van der Waals surface area contributed by atoms with E-state index in [9.17, 15) is 0 Å². The number of aryl methyl sites for hydroxylation is 1. The Bertz CT molecular complexity index is 230. The second-order valence-electron chi connectivity index (χ2n) is 3.12. The number of rotatable bonds is 4. The van der Waals surface area contributed by atoms with Crippen LogP contribution in [0.3, 0.4) is 0 Å². The molecule has 1 atom stereocenters. The van der Waals surface area contributed by atoms with E-state index in [1.807, 2.05) is 18.3 Å². The summed E-state index contributed by atoms with van der Waals surface area (Å²) in [4.78, 5) is 2.75. The zero-order valence-corrected chi connectivity index (χ0v) is 8.45. The molecule has 1 rings (SSSR count). The summed E-state index contributed by atoms with van der Waals surface area (Å²) in [5.74, 6) is 0. The molecule has 3 N–H and O–H groups in total. The summed E-state index contributed by atoms with van der Waals surface area (Å²) < 4.78 is 0. The molecular weight excluding hydrogens is 168 g/mol. The number of hydrogen-bond acceptors (Lipinski definition) is 3. The lowest BCUT2D eigenvalue weighted by Crippen LogP contribution is -2.30. The predicted molar refractivity (Wildman–Crippen MR) is 54.4 cm³/mol. The molecule has 0 aliphatic carbocycles. The first-order valence-corrected chi connectivity index (χ1v) is 5.02. The largest absolute Gasteiger partial charge is 0.327 e. The Morgan fingerprint density at radius 3 is 2.83 bits per heavy atom. The summed E-state index contributed by atoms with van der Waals surface area (Å²) in [6, 6.07) is 4.55.